The number of carbonyl (C=O) groups is 1. The van der Waals surface area contributed by atoms with E-state index in [-0.39, 0.29) is 11.9 Å². The Morgan fingerprint density at radius 2 is 2.17 bits per heavy atom. The van der Waals surface area contributed by atoms with E-state index < -0.39 is 6.10 Å². The summed E-state index contributed by atoms with van der Waals surface area (Å²) in [7, 11) is 0. The SMILES string of the molecule is N#CCN1CCC(NC(=O)C2COCCO2)CC1. The number of amides is 1. The maximum Gasteiger partial charge on any atom is 0.251 e. The summed E-state index contributed by atoms with van der Waals surface area (Å²) in [6, 6.07) is 2.34. The molecule has 1 atom stereocenters. The molecular formula is C12H19N3O3. The molecule has 2 aliphatic heterocycles. The highest BCUT2D eigenvalue weighted by Crippen LogP contribution is 2.10. The standard InChI is InChI=1S/C12H19N3O3/c13-3-6-15-4-1-10(2-5-15)14-12(16)11-9-17-7-8-18-11/h10-11H,1-2,4-9H2,(H,14,16). The van der Waals surface area contributed by atoms with Crippen molar-refractivity contribution in [3.05, 3.63) is 0 Å². The smallest absolute Gasteiger partial charge is 0.251 e. The van der Waals surface area contributed by atoms with Crippen molar-refractivity contribution in [3.63, 3.8) is 0 Å². The summed E-state index contributed by atoms with van der Waals surface area (Å²) in [5.41, 5.74) is 0. The lowest BCUT2D eigenvalue weighted by molar-refractivity contribution is -0.148. The van der Waals surface area contributed by atoms with E-state index >= 15 is 0 Å². The molecule has 1 unspecified atom stereocenters. The van der Waals surface area contributed by atoms with Gasteiger partial charge in [0, 0.05) is 19.1 Å². The summed E-state index contributed by atoms with van der Waals surface area (Å²) < 4.78 is 10.6. The van der Waals surface area contributed by atoms with E-state index in [2.05, 4.69) is 16.3 Å². The van der Waals surface area contributed by atoms with Crippen molar-refractivity contribution < 1.29 is 14.3 Å². The summed E-state index contributed by atoms with van der Waals surface area (Å²) in [5, 5.41) is 11.6. The van der Waals surface area contributed by atoms with Gasteiger partial charge in [-0.05, 0) is 12.8 Å². The first-order valence-electron chi connectivity index (χ1n) is 6.38. The molecule has 2 aliphatic rings. The van der Waals surface area contributed by atoms with Gasteiger partial charge in [0.15, 0.2) is 6.10 Å². The first-order valence-corrected chi connectivity index (χ1v) is 6.38. The van der Waals surface area contributed by atoms with Gasteiger partial charge in [0.2, 0.25) is 0 Å². The van der Waals surface area contributed by atoms with Crippen molar-refractivity contribution in [2.24, 2.45) is 0 Å². The van der Waals surface area contributed by atoms with Crippen LogP contribution >= 0.6 is 0 Å². The second-order valence-electron chi connectivity index (χ2n) is 4.65. The Morgan fingerprint density at radius 1 is 1.39 bits per heavy atom. The number of carbonyl (C=O) groups excluding carboxylic acids is 1. The van der Waals surface area contributed by atoms with Crippen molar-refractivity contribution in [1.82, 2.24) is 10.2 Å². The van der Waals surface area contributed by atoms with Gasteiger partial charge >= 0.3 is 0 Å². The van der Waals surface area contributed by atoms with E-state index in [1.54, 1.807) is 0 Å². The van der Waals surface area contributed by atoms with Gasteiger partial charge in [-0.15, -0.1) is 0 Å². The average molecular weight is 253 g/mol. The number of hydrogen-bond donors (Lipinski definition) is 1. The molecule has 0 saturated carbocycles. The third-order valence-electron chi connectivity index (χ3n) is 3.34. The first-order chi connectivity index (χ1) is 8.79. The predicted octanol–water partition coefficient (Wildman–Crippen LogP) is -0.494. The van der Waals surface area contributed by atoms with Crippen molar-refractivity contribution in [2.75, 3.05) is 39.5 Å². The number of ether oxygens (including phenoxy) is 2. The fourth-order valence-corrected chi connectivity index (χ4v) is 2.27. The third kappa shape index (κ3) is 3.67. The van der Waals surface area contributed by atoms with E-state index in [1.165, 1.54) is 0 Å². The van der Waals surface area contributed by atoms with Crippen LogP contribution in [0.4, 0.5) is 0 Å². The minimum Gasteiger partial charge on any atom is -0.376 e. The number of nitrogens with one attached hydrogen (secondary N) is 1. The Hall–Kier alpha value is -1.16. The second kappa shape index (κ2) is 6.69. The molecule has 0 radical (unpaired) electrons. The highest BCUT2D eigenvalue weighted by molar-refractivity contribution is 5.81. The normalized spacial score (nSPS) is 26.5. The number of nitrogens with zero attached hydrogens (tertiary/aromatic N) is 2. The van der Waals surface area contributed by atoms with Gasteiger partial charge in [0.05, 0.1) is 32.4 Å². The molecule has 0 aromatic carbocycles. The zero-order valence-electron chi connectivity index (χ0n) is 10.4. The van der Waals surface area contributed by atoms with Crippen LogP contribution in [-0.2, 0) is 14.3 Å². The molecule has 18 heavy (non-hydrogen) atoms. The molecule has 1 amide bonds. The van der Waals surface area contributed by atoms with Gasteiger partial charge < -0.3 is 14.8 Å². The molecule has 2 rings (SSSR count). The van der Waals surface area contributed by atoms with Crippen LogP contribution < -0.4 is 5.32 Å². The van der Waals surface area contributed by atoms with Gasteiger partial charge in [0.1, 0.15) is 0 Å². The summed E-state index contributed by atoms with van der Waals surface area (Å²) in [6.07, 6.45) is 1.32. The predicted molar refractivity (Wildman–Crippen MR) is 63.8 cm³/mol. The molecule has 2 heterocycles. The van der Waals surface area contributed by atoms with Crippen LogP contribution in [0.3, 0.4) is 0 Å². The van der Waals surface area contributed by atoms with E-state index in [0.717, 1.165) is 25.9 Å². The van der Waals surface area contributed by atoms with E-state index in [1.807, 2.05) is 0 Å². The molecule has 0 aromatic rings. The van der Waals surface area contributed by atoms with Crippen LogP contribution in [0, 0.1) is 11.3 Å². The van der Waals surface area contributed by atoms with Crippen molar-refractivity contribution in [2.45, 2.75) is 25.0 Å². The number of nitriles is 1. The highest BCUT2D eigenvalue weighted by atomic mass is 16.6. The Labute approximate surface area is 107 Å². The number of piperidine rings is 1. The quantitative estimate of drug-likeness (QED) is 0.687. The topological polar surface area (TPSA) is 74.6 Å². The van der Waals surface area contributed by atoms with Gasteiger partial charge in [-0.3, -0.25) is 9.69 Å². The van der Waals surface area contributed by atoms with E-state index in [4.69, 9.17) is 14.7 Å². The van der Waals surface area contributed by atoms with Crippen molar-refractivity contribution in [3.8, 4) is 6.07 Å². The third-order valence-corrected chi connectivity index (χ3v) is 3.34. The lowest BCUT2D eigenvalue weighted by atomic mass is 10.0. The largest absolute Gasteiger partial charge is 0.376 e. The van der Waals surface area contributed by atoms with Crippen LogP contribution in [-0.4, -0.2) is 62.4 Å². The Bertz CT molecular complexity index is 315. The molecular weight excluding hydrogens is 234 g/mol. The Kier molecular flexibility index (Phi) is 4.93. The first kappa shape index (κ1) is 13.3. The summed E-state index contributed by atoms with van der Waals surface area (Å²) in [4.78, 5) is 14.0. The average Bonchev–Trinajstić information content (AvgIpc) is 2.42. The van der Waals surface area contributed by atoms with Gasteiger partial charge in [0.25, 0.3) is 5.91 Å². The summed E-state index contributed by atoms with van der Waals surface area (Å²) >= 11 is 0. The number of likely N-dealkylation sites (tertiary alicyclic amines) is 1. The molecule has 6 nitrogen and oxygen atoms in total. The van der Waals surface area contributed by atoms with Crippen LogP contribution in [0.2, 0.25) is 0 Å². The molecule has 0 bridgehead atoms. The fraction of sp³-hybridized carbons (Fsp3) is 0.833. The molecule has 2 fully saturated rings. The minimum absolute atomic E-state index is 0.0755. The van der Waals surface area contributed by atoms with Crippen LogP contribution in [0.25, 0.3) is 0 Å². The van der Waals surface area contributed by atoms with Crippen molar-refractivity contribution >= 4 is 5.91 Å². The zero-order valence-corrected chi connectivity index (χ0v) is 10.4. The summed E-state index contributed by atoms with van der Waals surface area (Å²) in [5.74, 6) is -0.0755. The summed E-state index contributed by atoms with van der Waals surface area (Å²) in [6.45, 7) is 3.59. The Morgan fingerprint density at radius 3 is 2.78 bits per heavy atom. The van der Waals surface area contributed by atoms with E-state index in [9.17, 15) is 4.79 Å². The van der Waals surface area contributed by atoms with Crippen LogP contribution in [0.15, 0.2) is 0 Å². The lowest BCUT2D eigenvalue weighted by Crippen LogP contribution is -2.50. The fourth-order valence-electron chi connectivity index (χ4n) is 2.27. The number of hydrogen-bond acceptors (Lipinski definition) is 5. The lowest BCUT2D eigenvalue weighted by Gasteiger charge is -2.32. The maximum atomic E-state index is 11.9. The van der Waals surface area contributed by atoms with Gasteiger partial charge in [-0.1, -0.05) is 0 Å². The van der Waals surface area contributed by atoms with Crippen LogP contribution in [0.5, 0.6) is 0 Å². The second-order valence-corrected chi connectivity index (χ2v) is 4.65. The molecule has 1 N–H and O–H groups in total. The van der Waals surface area contributed by atoms with Crippen molar-refractivity contribution in [1.29, 1.82) is 5.26 Å². The maximum absolute atomic E-state index is 11.9. The molecule has 0 aromatic heterocycles. The highest BCUT2D eigenvalue weighted by Gasteiger charge is 2.26. The molecule has 6 heteroatoms. The number of rotatable bonds is 3. The van der Waals surface area contributed by atoms with Gasteiger partial charge in [-0.25, -0.2) is 0 Å². The molecule has 0 aliphatic carbocycles. The zero-order chi connectivity index (χ0) is 12.8. The van der Waals surface area contributed by atoms with Crippen LogP contribution in [0.1, 0.15) is 12.8 Å². The van der Waals surface area contributed by atoms with E-state index in [0.29, 0.717) is 26.4 Å². The molecule has 100 valence electrons. The Balaban J connectivity index is 1.70. The monoisotopic (exact) mass is 253 g/mol. The molecule has 2 saturated heterocycles. The molecule has 0 spiro atoms. The minimum atomic E-state index is -0.462. The van der Waals surface area contributed by atoms with Gasteiger partial charge in [-0.2, -0.15) is 5.26 Å².